The minimum Gasteiger partial charge on any atom is -0.383 e. The van der Waals surface area contributed by atoms with Crippen LogP contribution in [0.15, 0.2) is 58.8 Å². The van der Waals surface area contributed by atoms with Crippen LogP contribution >= 0.6 is 23.2 Å². The lowest BCUT2D eigenvalue weighted by Crippen LogP contribution is -1.97. The molecule has 0 aliphatic carbocycles. The van der Waals surface area contributed by atoms with E-state index in [-0.39, 0.29) is 33.5 Å². The Bertz CT molecular complexity index is 1240. The van der Waals surface area contributed by atoms with Gasteiger partial charge in [0.25, 0.3) is 5.69 Å². The molecule has 0 spiro atoms. The van der Waals surface area contributed by atoms with E-state index in [1.165, 1.54) is 24.3 Å². The number of nitrogen functional groups attached to an aromatic ring is 1. The van der Waals surface area contributed by atoms with Crippen molar-refractivity contribution in [2.24, 2.45) is 10.2 Å². The molecule has 3 aromatic rings. The lowest BCUT2D eigenvalue weighted by molar-refractivity contribution is -0.384. The van der Waals surface area contributed by atoms with E-state index in [1.54, 1.807) is 36.8 Å². The molecular weight excluding hydrogens is 475 g/mol. The standard InChI is InChI=1S/C18H10Cl2N6O2.C2H6OS/c19-12-3-1-10(2-4-12)17-16(7-11(9-21)18(22)23-17)25-24-15-8-13(26(27)28)5-6-14(15)20;1-4(2)3/h1-8H,(H2,22,23);1-2H3. The van der Waals surface area contributed by atoms with E-state index in [2.05, 4.69) is 15.2 Å². The van der Waals surface area contributed by atoms with Gasteiger partial charge in [-0.05, 0) is 24.3 Å². The first-order valence-electron chi connectivity index (χ1n) is 8.69. The van der Waals surface area contributed by atoms with Crippen molar-refractivity contribution < 1.29 is 9.13 Å². The molecule has 2 N–H and O–H groups in total. The molecular formula is C20H16Cl2N6O3S. The van der Waals surface area contributed by atoms with Gasteiger partial charge in [-0.15, -0.1) is 10.2 Å². The highest BCUT2D eigenvalue weighted by molar-refractivity contribution is 7.83. The summed E-state index contributed by atoms with van der Waals surface area (Å²) in [6.07, 6.45) is 3.28. The number of nitro benzene ring substituents is 1. The maximum absolute atomic E-state index is 10.9. The van der Waals surface area contributed by atoms with Crippen LogP contribution in [-0.4, -0.2) is 26.6 Å². The Morgan fingerprint density at radius 2 is 1.69 bits per heavy atom. The zero-order valence-corrected chi connectivity index (χ0v) is 19.1. The summed E-state index contributed by atoms with van der Waals surface area (Å²) in [5, 5.41) is 29.0. The molecule has 0 bridgehead atoms. The molecule has 0 unspecified atom stereocenters. The number of nitro groups is 1. The van der Waals surface area contributed by atoms with Gasteiger partial charge in [0.05, 0.1) is 15.5 Å². The lowest BCUT2D eigenvalue weighted by atomic mass is 10.1. The lowest BCUT2D eigenvalue weighted by Gasteiger charge is -2.07. The fourth-order valence-electron chi connectivity index (χ4n) is 2.30. The maximum Gasteiger partial charge on any atom is 0.271 e. The van der Waals surface area contributed by atoms with Crippen molar-refractivity contribution in [2.75, 3.05) is 18.2 Å². The Hall–Kier alpha value is -3.39. The third-order valence-corrected chi connectivity index (χ3v) is 4.25. The summed E-state index contributed by atoms with van der Waals surface area (Å²) in [4.78, 5) is 14.6. The van der Waals surface area contributed by atoms with Gasteiger partial charge in [0, 0.05) is 46.0 Å². The highest BCUT2D eigenvalue weighted by Crippen LogP contribution is 2.35. The molecule has 0 saturated carbocycles. The van der Waals surface area contributed by atoms with E-state index in [9.17, 15) is 19.6 Å². The van der Waals surface area contributed by atoms with Crippen LogP contribution in [0.1, 0.15) is 5.56 Å². The third kappa shape index (κ3) is 6.81. The molecule has 2 aromatic carbocycles. The quantitative estimate of drug-likeness (QED) is 0.276. The molecule has 12 heteroatoms. The Kier molecular flexibility index (Phi) is 8.78. The Balaban J connectivity index is 0.000000837. The average Bonchev–Trinajstić information content (AvgIpc) is 2.73. The molecule has 0 fully saturated rings. The number of hydrogen-bond donors (Lipinski definition) is 1. The molecule has 0 amide bonds. The number of benzene rings is 2. The second-order valence-corrected chi connectivity index (χ2v) is 8.57. The highest BCUT2D eigenvalue weighted by Gasteiger charge is 2.13. The SMILES string of the molecule is CS(C)=O.N#Cc1cc(N=Nc2cc([N+](=O)[O-])ccc2Cl)c(-c2ccc(Cl)cc2)nc1N. The Morgan fingerprint density at radius 1 is 1.09 bits per heavy atom. The number of aromatic nitrogens is 1. The van der Waals surface area contributed by atoms with E-state index in [0.29, 0.717) is 16.3 Å². The summed E-state index contributed by atoms with van der Waals surface area (Å²) in [5.41, 5.74) is 7.15. The summed E-state index contributed by atoms with van der Waals surface area (Å²) in [5.74, 6) is 0.0415. The largest absolute Gasteiger partial charge is 0.383 e. The summed E-state index contributed by atoms with van der Waals surface area (Å²) >= 11 is 12.0. The molecule has 0 radical (unpaired) electrons. The molecule has 1 aromatic heterocycles. The number of nitriles is 1. The van der Waals surface area contributed by atoms with E-state index in [4.69, 9.17) is 28.9 Å². The normalized spacial score (nSPS) is 10.5. The van der Waals surface area contributed by atoms with Crippen LogP contribution in [0.2, 0.25) is 10.0 Å². The minimum absolute atomic E-state index is 0.0415. The van der Waals surface area contributed by atoms with Crippen molar-refractivity contribution >= 4 is 56.9 Å². The van der Waals surface area contributed by atoms with Crippen LogP contribution in [0.4, 0.5) is 22.9 Å². The average molecular weight is 491 g/mol. The summed E-state index contributed by atoms with van der Waals surface area (Å²) in [6, 6.07) is 14.0. The fourth-order valence-corrected chi connectivity index (χ4v) is 2.58. The van der Waals surface area contributed by atoms with Crippen molar-refractivity contribution in [1.29, 1.82) is 5.26 Å². The van der Waals surface area contributed by atoms with Crippen molar-refractivity contribution in [3.63, 3.8) is 0 Å². The maximum atomic E-state index is 10.9. The third-order valence-electron chi connectivity index (χ3n) is 3.68. The summed E-state index contributed by atoms with van der Waals surface area (Å²) in [7, 11) is -0.611. The number of pyridine rings is 1. The van der Waals surface area contributed by atoms with Gasteiger partial charge in [0.15, 0.2) is 0 Å². The Labute approximate surface area is 196 Å². The van der Waals surface area contributed by atoms with Gasteiger partial charge < -0.3 is 5.73 Å². The van der Waals surface area contributed by atoms with Crippen LogP contribution in [0.5, 0.6) is 0 Å². The predicted octanol–water partition coefficient (Wildman–Crippen LogP) is 5.83. The monoisotopic (exact) mass is 490 g/mol. The number of azo groups is 1. The van der Waals surface area contributed by atoms with Crippen LogP contribution in [0.3, 0.4) is 0 Å². The number of nitrogens with two attached hydrogens (primary N) is 1. The zero-order chi connectivity index (χ0) is 23.8. The van der Waals surface area contributed by atoms with Gasteiger partial charge in [-0.3, -0.25) is 14.3 Å². The second-order valence-electron chi connectivity index (χ2n) is 6.24. The first-order chi connectivity index (χ1) is 15.1. The Morgan fingerprint density at radius 3 is 2.25 bits per heavy atom. The van der Waals surface area contributed by atoms with Crippen LogP contribution in [-0.2, 0) is 10.8 Å². The number of hydrogen-bond acceptors (Lipinski definition) is 8. The predicted molar refractivity (Wildman–Crippen MR) is 126 cm³/mol. The van der Waals surface area contributed by atoms with Crippen molar-refractivity contribution in [1.82, 2.24) is 4.98 Å². The van der Waals surface area contributed by atoms with Gasteiger partial charge in [-0.1, -0.05) is 35.3 Å². The van der Waals surface area contributed by atoms with Gasteiger partial charge in [0.1, 0.15) is 29.0 Å². The second kappa shape index (κ2) is 11.3. The number of nitrogens with zero attached hydrogens (tertiary/aromatic N) is 5. The van der Waals surface area contributed by atoms with E-state index >= 15 is 0 Å². The van der Waals surface area contributed by atoms with Gasteiger partial charge >= 0.3 is 0 Å². The van der Waals surface area contributed by atoms with Gasteiger partial charge in [-0.2, -0.15) is 5.26 Å². The van der Waals surface area contributed by atoms with Crippen molar-refractivity contribution in [2.45, 2.75) is 0 Å². The zero-order valence-electron chi connectivity index (χ0n) is 16.8. The number of halogens is 2. The van der Waals surface area contributed by atoms with E-state index < -0.39 is 15.7 Å². The molecule has 0 aliphatic heterocycles. The molecule has 0 aliphatic rings. The first kappa shape index (κ1) is 24.9. The smallest absolute Gasteiger partial charge is 0.271 e. The first-order valence-corrected chi connectivity index (χ1v) is 11.4. The fraction of sp³-hybridized carbons (Fsp3) is 0.100. The molecule has 32 heavy (non-hydrogen) atoms. The topological polar surface area (TPSA) is 148 Å². The molecule has 0 saturated heterocycles. The van der Waals surface area contributed by atoms with E-state index in [0.717, 1.165) is 0 Å². The van der Waals surface area contributed by atoms with Crippen molar-refractivity contribution in [3.8, 4) is 17.3 Å². The number of non-ortho nitro benzene ring substituents is 1. The highest BCUT2D eigenvalue weighted by atomic mass is 35.5. The van der Waals surface area contributed by atoms with Crippen LogP contribution in [0.25, 0.3) is 11.3 Å². The molecule has 3 rings (SSSR count). The molecule has 0 atom stereocenters. The van der Waals surface area contributed by atoms with Crippen LogP contribution < -0.4 is 5.73 Å². The summed E-state index contributed by atoms with van der Waals surface area (Å²) < 4.78 is 9.56. The summed E-state index contributed by atoms with van der Waals surface area (Å²) in [6.45, 7) is 0. The van der Waals surface area contributed by atoms with Gasteiger partial charge in [0.2, 0.25) is 0 Å². The van der Waals surface area contributed by atoms with Crippen molar-refractivity contribution in [3.05, 3.63) is 74.3 Å². The minimum atomic E-state index is -0.611. The number of rotatable bonds is 4. The van der Waals surface area contributed by atoms with Gasteiger partial charge in [-0.25, -0.2) is 4.98 Å². The number of anilines is 1. The molecule has 9 nitrogen and oxygen atoms in total. The molecule has 1 heterocycles. The van der Waals surface area contributed by atoms with Crippen LogP contribution in [0, 0.1) is 21.4 Å². The molecule has 164 valence electrons. The van der Waals surface area contributed by atoms with E-state index in [1.807, 2.05) is 6.07 Å².